The van der Waals surface area contributed by atoms with E-state index in [-0.39, 0.29) is 17.7 Å². The maximum atomic E-state index is 14.1. The number of ether oxygens (including phenoxy) is 1. The van der Waals surface area contributed by atoms with E-state index in [1.165, 1.54) is 6.07 Å². The molecule has 0 aromatic heterocycles. The molecule has 1 aromatic rings. The molecule has 6 heteroatoms. The van der Waals surface area contributed by atoms with Crippen LogP contribution in [0.15, 0.2) is 12.1 Å². The largest absolute Gasteiger partial charge is 0.464 e. The van der Waals surface area contributed by atoms with Crippen LogP contribution in [0.3, 0.4) is 0 Å². The van der Waals surface area contributed by atoms with Crippen LogP contribution in [-0.4, -0.2) is 22.8 Å². The van der Waals surface area contributed by atoms with Gasteiger partial charge in [0.25, 0.3) is 0 Å². The summed E-state index contributed by atoms with van der Waals surface area (Å²) >= 11 is 11.2. The smallest absolute Gasteiger partial charge is 0.186 e. The number of benzene rings is 1. The first-order valence-corrected chi connectivity index (χ1v) is 6.85. The van der Waals surface area contributed by atoms with Gasteiger partial charge in [-0.1, -0.05) is 18.5 Å². The molecule has 3 atom stereocenters. The summed E-state index contributed by atoms with van der Waals surface area (Å²) in [6.45, 7) is 3.98. The maximum absolute atomic E-state index is 14.1. The second kappa shape index (κ2) is 3.96. The van der Waals surface area contributed by atoms with Gasteiger partial charge in [0.15, 0.2) is 22.4 Å². The SMILES string of the molecule is CC1C2NC(=S)N(C)C1(C)Oc1c(F)cc(Cl)cc12. The molecule has 2 heterocycles. The fourth-order valence-electron chi connectivity index (χ4n) is 2.81. The molecule has 2 aliphatic rings. The predicted octanol–water partition coefficient (Wildman–Crippen LogP) is 3.08. The number of rotatable bonds is 0. The van der Waals surface area contributed by atoms with Gasteiger partial charge >= 0.3 is 0 Å². The van der Waals surface area contributed by atoms with E-state index in [0.29, 0.717) is 10.1 Å². The molecule has 1 N–H and O–H groups in total. The molecule has 2 aliphatic heterocycles. The number of halogens is 2. The lowest BCUT2D eigenvalue weighted by Crippen LogP contribution is -2.67. The highest BCUT2D eigenvalue weighted by molar-refractivity contribution is 7.80. The molecule has 0 aliphatic carbocycles. The lowest BCUT2D eigenvalue weighted by atomic mass is 9.81. The molecule has 3 rings (SSSR count). The molecule has 1 aromatic carbocycles. The summed E-state index contributed by atoms with van der Waals surface area (Å²) in [7, 11) is 1.85. The summed E-state index contributed by atoms with van der Waals surface area (Å²) in [5.41, 5.74) is 0.0692. The molecule has 0 saturated carbocycles. The van der Waals surface area contributed by atoms with Crippen molar-refractivity contribution in [2.24, 2.45) is 5.92 Å². The second-order valence-corrected chi connectivity index (χ2v) is 6.06. The van der Waals surface area contributed by atoms with Crippen LogP contribution in [0.2, 0.25) is 5.02 Å². The van der Waals surface area contributed by atoms with Crippen molar-refractivity contribution in [2.45, 2.75) is 25.6 Å². The molecular weight excluding hydrogens is 287 g/mol. The fraction of sp³-hybridized carbons (Fsp3) is 0.462. The Labute approximate surface area is 121 Å². The minimum absolute atomic E-state index is 0.0920. The average molecular weight is 301 g/mol. The van der Waals surface area contributed by atoms with Crippen LogP contribution in [0, 0.1) is 11.7 Å². The summed E-state index contributed by atoms with van der Waals surface area (Å²) in [5.74, 6) is -0.0694. The minimum atomic E-state index is -0.658. The average Bonchev–Trinajstić information content (AvgIpc) is 2.34. The third-order valence-corrected chi connectivity index (χ3v) is 4.89. The van der Waals surface area contributed by atoms with Crippen molar-refractivity contribution in [3.8, 4) is 5.75 Å². The van der Waals surface area contributed by atoms with Gasteiger partial charge in [-0.3, -0.25) is 0 Å². The molecule has 3 unspecified atom stereocenters. The van der Waals surface area contributed by atoms with Crippen molar-refractivity contribution < 1.29 is 9.13 Å². The van der Waals surface area contributed by atoms with Gasteiger partial charge in [-0.15, -0.1) is 0 Å². The number of nitrogens with one attached hydrogen (secondary N) is 1. The van der Waals surface area contributed by atoms with E-state index >= 15 is 0 Å². The van der Waals surface area contributed by atoms with Gasteiger partial charge in [-0.25, -0.2) is 4.39 Å². The highest BCUT2D eigenvalue weighted by Crippen LogP contribution is 2.48. The fourth-order valence-corrected chi connectivity index (χ4v) is 3.33. The molecule has 0 amide bonds. The van der Waals surface area contributed by atoms with E-state index < -0.39 is 11.5 Å². The Balaban J connectivity index is 2.22. The van der Waals surface area contributed by atoms with E-state index in [9.17, 15) is 4.39 Å². The maximum Gasteiger partial charge on any atom is 0.186 e. The highest BCUT2D eigenvalue weighted by Gasteiger charge is 2.52. The third kappa shape index (κ3) is 1.64. The first kappa shape index (κ1) is 12.9. The molecule has 1 saturated heterocycles. The Morgan fingerprint density at radius 1 is 1.53 bits per heavy atom. The Morgan fingerprint density at radius 3 is 2.89 bits per heavy atom. The van der Waals surface area contributed by atoms with Gasteiger partial charge in [0.2, 0.25) is 0 Å². The van der Waals surface area contributed by atoms with Gasteiger partial charge < -0.3 is 15.0 Å². The van der Waals surface area contributed by atoms with E-state index in [0.717, 1.165) is 5.56 Å². The molecule has 1 fully saturated rings. The van der Waals surface area contributed by atoms with Crippen LogP contribution >= 0.6 is 23.8 Å². The molecule has 3 nitrogen and oxygen atoms in total. The number of fused-ring (bicyclic) bond motifs is 4. The summed E-state index contributed by atoms with van der Waals surface area (Å²) in [6, 6.07) is 2.92. The van der Waals surface area contributed by atoms with Crippen molar-refractivity contribution in [2.75, 3.05) is 7.05 Å². The zero-order valence-corrected chi connectivity index (χ0v) is 12.4. The number of thiocarbonyl (C=S) groups is 1. The molecular formula is C13H14ClFN2OS. The Kier molecular flexibility index (Phi) is 2.70. The summed E-state index contributed by atoms with van der Waals surface area (Å²) in [5, 5.41) is 4.19. The van der Waals surface area contributed by atoms with Crippen molar-refractivity contribution in [1.29, 1.82) is 0 Å². The molecule has 102 valence electrons. The zero-order valence-electron chi connectivity index (χ0n) is 10.8. The van der Waals surface area contributed by atoms with Crippen molar-refractivity contribution in [1.82, 2.24) is 10.2 Å². The van der Waals surface area contributed by atoms with E-state index in [1.54, 1.807) is 6.07 Å². The normalized spacial score (nSPS) is 32.5. The molecule has 0 spiro atoms. The molecule has 0 radical (unpaired) electrons. The van der Waals surface area contributed by atoms with E-state index in [2.05, 4.69) is 12.2 Å². The lowest BCUT2D eigenvalue weighted by molar-refractivity contribution is -0.102. The Morgan fingerprint density at radius 2 is 2.21 bits per heavy atom. The molecule has 19 heavy (non-hydrogen) atoms. The standard InChI is InChI=1S/C13H14ClFN2OS/c1-6-10-8-4-7(14)5-9(15)11(8)18-13(6,2)17(3)12(19)16-10/h4-6,10H,1-3H3,(H,16,19). The Bertz CT molecular complexity index is 582. The monoisotopic (exact) mass is 300 g/mol. The topological polar surface area (TPSA) is 24.5 Å². The first-order valence-electron chi connectivity index (χ1n) is 6.07. The van der Waals surface area contributed by atoms with Crippen LogP contribution in [0.25, 0.3) is 0 Å². The number of hydrogen-bond donors (Lipinski definition) is 1. The van der Waals surface area contributed by atoms with Gasteiger partial charge in [-0.2, -0.15) is 0 Å². The van der Waals surface area contributed by atoms with E-state index in [4.69, 9.17) is 28.6 Å². The van der Waals surface area contributed by atoms with Gasteiger partial charge in [0, 0.05) is 23.6 Å². The van der Waals surface area contributed by atoms with Crippen molar-refractivity contribution in [3.05, 3.63) is 28.5 Å². The number of hydrogen-bond acceptors (Lipinski definition) is 2. The quantitative estimate of drug-likeness (QED) is 0.744. The number of nitrogens with zero attached hydrogens (tertiary/aromatic N) is 1. The summed E-state index contributed by atoms with van der Waals surface area (Å²) < 4.78 is 20.0. The second-order valence-electron chi connectivity index (χ2n) is 5.24. The molecule has 2 bridgehead atoms. The van der Waals surface area contributed by atoms with Gasteiger partial charge in [-0.05, 0) is 31.3 Å². The third-order valence-electron chi connectivity index (χ3n) is 4.28. The zero-order chi connectivity index (χ0) is 13.9. The first-order chi connectivity index (χ1) is 8.84. The van der Waals surface area contributed by atoms with E-state index in [1.807, 2.05) is 18.9 Å². The minimum Gasteiger partial charge on any atom is -0.464 e. The van der Waals surface area contributed by atoms with Crippen LogP contribution in [0.1, 0.15) is 25.5 Å². The van der Waals surface area contributed by atoms with Crippen LogP contribution in [0.5, 0.6) is 5.75 Å². The van der Waals surface area contributed by atoms with Gasteiger partial charge in [0.1, 0.15) is 0 Å². The Hall–Kier alpha value is -1.07. The summed E-state index contributed by atoms with van der Waals surface area (Å²) in [4.78, 5) is 1.83. The van der Waals surface area contributed by atoms with Crippen LogP contribution < -0.4 is 10.1 Å². The van der Waals surface area contributed by atoms with Crippen LogP contribution in [0.4, 0.5) is 4.39 Å². The predicted molar refractivity (Wildman–Crippen MR) is 75.8 cm³/mol. The lowest BCUT2D eigenvalue weighted by Gasteiger charge is -2.55. The van der Waals surface area contributed by atoms with Crippen LogP contribution in [-0.2, 0) is 0 Å². The highest BCUT2D eigenvalue weighted by atomic mass is 35.5. The van der Waals surface area contributed by atoms with Crippen molar-refractivity contribution in [3.63, 3.8) is 0 Å². The van der Waals surface area contributed by atoms with Crippen molar-refractivity contribution >= 4 is 28.9 Å². The summed E-state index contributed by atoms with van der Waals surface area (Å²) in [6.07, 6.45) is 0. The van der Waals surface area contributed by atoms with Gasteiger partial charge in [0.05, 0.1) is 6.04 Å².